The summed E-state index contributed by atoms with van der Waals surface area (Å²) in [5.74, 6) is 0. The van der Waals surface area contributed by atoms with E-state index in [-0.39, 0.29) is 0 Å². The Bertz CT molecular complexity index is 759. The first-order valence-corrected chi connectivity index (χ1v) is 7.55. The lowest BCUT2D eigenvalue weighted by molar-refractivity contribution is 0.171. The number of para-hydroxylation sites is 1. The molecule has 2 N–H and O–H groups in total. The summed E-state index contributed by atoms with van der Waals surface area (Å²) in [6, 6.07) is 14.2. The first-order valence-electron chi connectivity index (χ1n) is 6.74. The first-order chi connectivity index (χ1) is 10.7. The van der Waals surface area contributed by atoms with Crippen LogP contribution in [0.1, 0.15) is 12.5 Å². The summed E-state index contributed by atoms with van der Waals surface area (Å²) in [4.78, 5) is 13.4. The number of carbonyl (C=O) groups is 1. The number of hydrazone groups is 1. The quantitative estimate of drug-likeness (QED) is 0.555. The summed E-state index contributed by atoms with van der Waals surface area (Å²) in [6.07, 6.45) is -0.583. The highest BCUT2D eigenvalue weighted by Crippen LogP contribution is 2.44. The van der Waals surface area contributed by atoms with Gasteiger partial charge in [0.1, 0.15) is 0 Å². The van der Waals surface area contributed by atoms with E-state index in [1.807, 2.05) is 31.2 Å². The smallest absolute Gasteiger partial charge is 0.427 e. The van der Waals surface area contributed by atoms with Crippen LogP contribution in [0.5, 0.6) is 0 Å². The van der Waals surface area contributed by atoms with Gasteiger partial charge >= 0.3 is 6.09 Å². The molecule has 5 nitrogen and oxygen atoms in total. The fourth-order valence-electron chi connectivity index (χ4n) is 2.10. The van der Waals surface area contributed by atoms with Crippen molar-refractivity contribution in [3.8, 4) is 0 Å². The maximum atomic E-state index is 11.1. The Morgan fingerprint density at radius 1 is 1.18 bits per heavy atom. The molecule has 0 atom stereocenters. The van der Waals surface area contributed by atoms with Crippen LogP contribution in [0, 0.1) is 0 Å². The average molecular weight is 313 g/mol. The predicted molar refractivity (Wildman–Crippen MR) is 88.0 cm³/mol. The number of methoxy groups -OCH3 is 1. The predicted octanol–water partition coefficient (Wildman–Crippen LogP) is 3.97. The molecule has 0 fully saturated rings. The lowest BCUT2D eigenvalue weighted by atomic mass is 10.1. The monoisotopic (exact) mass is 313 g/mol. The van der Waals surface area contributed by atoms with Crippen molar-refractivity contribution in [1.29, 1.82) is 0 Å². The first kappa shape index (κ1) is 14.5. The van der Waals surface area contributed by atoms with Gasteiger partial charge in [0, 0.05) is 9.79 Å². The van der Waals surface area contributed by atoms with Crippen LogP contribution in [0.4, 0.5) is 16.2 Å². The van der Waals surface area contributed by atoms with Crippen molar-refractivity contribution >= 4 is 34.9 Å². The molecule has 0 spiro atoms. The molecule has 112 valence electrons. The van der Waals surface area contributed by atoms with Gasteiger partial charge in [-0.3, -0.25) is 0 Å². The SMILES string of the molecule is COC(=O)N/N=C(/C)c1ccc2c(c1)Nc1ccccc1S2. The number of hydrogen-bond acceptors (Lipinski definition) is 5. The largest absolute Gasteiger partial charge is 0.452 e. The van der Waals surface area contributed by atoms with Gasteiger partial charge in [0.2, 0.25) is 0 Å². The highest BCUT2D eigenvalue weighted by molar-refractivity contribution is 7.99. The molecule has 3 rings (SSSR count). The lowest BCUT2D eigenvalue weighted by Crippen LogP contribution is -2.18. The summed E-state index contributed by atoms with van der Waals surface area (Å²) >= 11 is 1.73. The third-order valence-corrected chi connectivity index (χ3v) is 4.43. The van der Waals surface area contributed by atoms with Gasteiger partial charge < -0.3 is 10.1 Å². The molecule has 22 heavy (non-hydrogen) atoms. The topological polar surface area (TPSA) is 62.7 Å². The average Bonchev–Trinajstić information content (AvgIpc) is 2.56. The molecule has 1 aliphatic heterocycles. The number of nitrogens with zero attached hydrogens (tertiary/aromatic N) is 1. The van der Waals surface area contributed by atoms with E-state index in [1.54, 1.807) is 11.8 Å². The number of benzene rings is 2. The summed E-state index contributed by atoms with van der Waals surface area (Å²) in [5, 5.41) is 7.44. The Hall–Kier alpha value is -2.47. The van der Waals surface area contributed by atoms with Crippen molar-refractivity contribution < 1.29 is 9.53 Å². The molecule has 1 aliphatic rings. The maximum Gasteiger partial charge on any atom is 0.427 e. The van der Waals surface area contributed by atoms with Gasteiger partial charge in [-0.2, -0.15) is 5.10 Å². The number of hydrogen-bond donors (Lipinski definition) is 2. The molecule has 0 bridgehead atoms. The molecule has 0 radical (unpaired) electrons. The van der Waals surface area contributed by atoms with E-state index < -0.39 is 6.09 Å². The van der Waals surface area contributed by atoms with Crippen LogP contribution in [-0.2, 0) is 4.74 Å². The minimum atomic E-state index is -0.583. The van der Waals surface area contributed by atoms with Crippen molar-refractivity contribution in [1.82, 2.24) is 5.43 Å². The van der Waals surface area contributed by atoms with E-state index >= 15 is 0 Å². The third kappa shape index (κ3) is 2.92. The van der Waals surface area contributed by atoms with Crippen molar-refractivity contribution in [2.24, 2.45) is 5.10 Å². The molecule has 0 saturated carbocycles. The van der Waals surface area contributed by atoms with E-state index in [9.17, 15) is 4.79 Å². The molecule has 6 heteroatoms. The molecule has 2 aromatic rings. The number of carbonyl (C=O) groups excluding carboxylic acids is 1. The highest BCUT2D eigenvalue weighted by atomic mass is 32.2. The van der Waals surface area contributed by atoms with Gasteiger partial charge in [0.25, 0.3) is 0 Å². The summed E-state index contributed by atoms with van der Waals surface area (Å²) in [6.45, 7) is 1.83. The van der Waals surface area contributed by atoms with Gasteiger partial charge in [0.05, 0.1) is 24.2 Å². The van der Waals surface area contributed by atoms with Gasteiger partial charge in [-0.25, -0.2) is 10.2 Å². The standard InChI is InChI=1S/C16H15N3O2S/c1-10(18-19-16(20)21-2)11-7-8-15-13(9-11)17-12-5-3-4-6-14(12)22-15/h3-9,17H,1-2H3,(H,19,20)/b18-10-. The second-order valence-electron chi connectivity index (χ2n) is 4.73. The molecular formula is C16H15N3O2S. The Morgan fingerprint density at radius 2 is 1.95 bits per heavy atom. The molecule has 0 aliphatic carbocycles. The van der Waals surface area contributed by atoms with Crippen LogP contribution < -0.4 is 10.7 Å². The second kappa shape index (κ2) is 6.11. The molecule has 1 heterocycles. The molecular weight excluding hydrogens is 298 g/mol. The normalized spacial score (nSPS) is 12.7. The third-order valence-electron chi connectivity index (χ3n) is 3.27. The van der Waals surface area contributed by atoms with Crippen molar-refractivity contribution in [2.45, 2.75) is 16.7 Å². The van der Waals surface area contributed by atoms with E-state index in [1.165, 1.54) is 12.0 Å². The Labute approximate surface area is 132 Å². The maximum absolute atomic E-state index is 11.1. The Morgan fingerprint density at radius 3 is 2.77 bits per heavy atom. The van der Waals surface area contributed by atoms with Crippen LogP contribution in [0.25, 0.3) is 0 Å². The highest BCUT2D eigenvalue weighted by Gasteiger charge is 2.15. The minimum absolute atomic E-state index is 0.583. The molecule has 0 aromatic heterocycles. The number of nitrogens with one attached hydrogen (secondary N) is 2. The molecule has 0 unspecified atom stereocenters. The molecule has 1 amide bonds. The fraction of sp³-hybridized carbons (Fsp3) is 0.125. The van der Waals surface area contributed by atoms with Gasteiger partial charge in [-0.1, -0.05) is 30.0 Å². The summed E-state index contributed by atoms with van der Waals surface area (Å²) < 4.78 is 4.49. The van der Waals surface area contributed by atoms with Gasteiger partial charge in [-0.15, -0.1) is 0 Å². The Balaban J connectivity index is 1.85. The van der Waals surface area contributed by atoms with E-state index in [0.29, 0.717) is 5.71 Å². The van der Waals surface area contributed by atoms with Crippen molar-refractivity contribution in [3.05, 3.63) is 48.0 Å². The van der Waals surface area contributed by atoms with Crippen LogP contribution in [0.2, 0.25) is 0 Å². The number of anilines is 2. The van der Waals surface area contributed by atoms with Crippen molar-refractivity contribution in [2.75, 3.05) is 12.4 Å². The zero-order chi connectivity index (χ0) is 15.5. The van der Waals surface area contributed by atoms with Crippen LogP contribution in [-0.4, -0.2) is 18.9 Å². The second-order valence-corrected chi connectivity index (χ2v) is 5.82. The minimum Gasteiger partial charge on any atom is -0.452 e. The van der Waals surface area contributed by atoms with Crippen LogP contribution >= 0.6 is 11.8 Å². The van der Waals surface area contributed by atoms with Crippen LogP contribution in [0.15, 0.2) is 57.4 Å². The van der Waals surface area contributed by atoms with Gasteiger partial charge in [0.15, 0.2) is 0 Å². The van der Waals surface area contributed by atoms with E-state index in [2.05, 4.69) is 38.8 Å². The fourth-order valence-corrected chi connectivity index (χ4v) is 3.07. The van der Waals surface area contributed by atoms with E-state index in [4.69, 9.17) is 0 Å². The Kier molecular flexibility index (Phi) is 4.02. The number of fused-ring (bicyclic) bond motifs is 2. The molecule has 0 saturated heterocycles. The summed E-state index contributed by atoms with van der Waals surface area (Å²) in [7, 11) is 1.30. The number of amides is 1. The number of ether oxygens (including phenoxy) is 1. The number of rotatable bonds is 2. The summed E-state index contributed by atoms with van der Waals surface area (Å²) in [5.41, 5.74) is 6.10. The van der Waals surface area contributed by atoms with E-state index in [0.717, 1.165) is 21.8 Å². The van der Waals surface area contributed by atoms with Gasteiger partial charge in [-0.05, 0) is 36.8 Å². The zero-order valence-electron chi connectivity index (χ0n) is 12.2. The zero-order valence-corrected chi connectivity index (χ0v) is 13.0. The molecule has 2 aromatic carbocycles. The van der Waals surface area contributed by atoms with Crippen molar-refractivity contribution in [3.63, 3.8) is 0 Å². The lowest BCUT2D eigenvalue weighted by Gasteiger charge is -2.21. The van der Waals surface area contributed by atoms with Crippen LogP contribution in [0.3, 0.4) is 0 Å².